The second-order valence-electron chi connectivity index (χ2n) is 4.81. The number of halogens is 3. The maximum atomic E-state index is 12.5. The first-order chi connectivity index (χ1) is 11.5. The Balaban J connectivity index is 1.86. The molecule has 1 N–H and O–H groups in total. The molecule has 24 heavy (non-hydrogen) atoms. The van der Waals surface area contributed by atoms with E-state index in [1.54, 1.807) is 18.2 Å². The molecule has 7 nitrogen and oxygen atoms in total. The van der Waals surface area contributed by atoms with Crippen LogP contribution in [0.5, 0.6) is 0 Å². The number of fused-ring (bicyclic) bond motifs is 1. The maximum absolute atomic E-state index is 12.5. The van der Waals surface area contributed by atoms with Gasteiger partial charge in [0.25, 0.3) is 0 Å². The van der Waals surface area contributed by atoms with Crippen LogP contribution in [0.15, 0.2) is 47.6 Å². The van der Waals surface area contributed by atoms with E-state index in [-0.39, 0.29) is 12.5 Å². The van der Waals surface area contributed by atoms with Crippen LogP contribution in [-0.2, 0) is 12.7 Å². The molecule has 0 radical (unpaired) electrons. The molecule has 0 bridgehead atoms. The maximum Gasteiger partial charge on any atom is 0.416 e. The highest BCUT2D eigenvalue weighted by Gasteiger charge is 2.29. The van der Waals surface area contributed by atoms with Crippen molar-refractivity contribution in [2.45, 2.75) is 12.7 Å². The normalized spacial score (nSPS) is 11.3. The van der Waals surface area contributed by atoms with Gasteiger partial charge in [0.15, 0.2) is 5.65 Å². The Morgan fingerprint density at radius 3 is 2.58 bits per heavy atom. The smallest absolute Gasteiger partial charge is 0.323 e. The predicted molar refractivity (Wildman–Crippen MR) is 80.6 cm³/mol. The van der Waals surface area contributed by atoms with Crippen LogP contribution < -0.4 is 5.32 Å². The molecule has 0 saturated carbocycles. The number of pyridine rings is 1. The van der Waals surface area contributed by atoms with Gasteiger partial charge in [-0.25, -0.2) is 4.52 Å². The Morgan fingerprint density at radius 1 is 1.17 bits per heavy atom. The first-order valence-electron chi connectivity index (χ1n) is 6.77. The summed E-state index contributed by atoms with van der Waals surface area (Å²) in [7, 11) is 0. The van der Waals surface area contributed by atoms with Crippen LogP contribution in [0.1, 0.15) is 11.3 Å². The lowest BCUT2D eigenvalue weighted by molar-refractivity contribution is -0.137. The fourth-order valence-corrected chi connectivity index (χ4v) is 2.11. The van der Waals surface area contributed by atoms with E-state index in [9.17, 15) is 13.2 Å². The largest absolute Gasteiger partial charge is 0.416 e. The van der Waals surface area contributed by atoms with Crippen LogP contribution >= 0.6 is 0 Å². The fourth-order valence-electron chi connectivity index (χ4n) is 2.11. The van der Waals surface area contributed by atoms with Gasteiger partial charge in [-0.1, -0.05) is 11.2 Å². The third-order valence-corrected chi connectivity index (χ3v) is 3.20. The molecule has 1 aromatic carbocycles. The highest BCUT2D eigenvalue weighted by atomic mass is 19.4. The van der Waals surface area contributed by atoms with Crippen molar-refractivity contribution in [3.8, 4) is 0 Å². The van der Waals surface area contributed by atoms with Crippen molar-refractivity contribution in [3.63, 3.8) is 0 Å². The summed E-state index contributed by atoms with van der Waals surface area (Å²) in [5.41, 5.74) is 9.26. The highest BCUT2D eigenvalue weighted by Crippen LogP contribution is 2.30. The van der Waals surface area contributed by atoms with Crippen LogP contribution in [0.3, 0.4) is 0 Å². The second kappa shape index (κ2) is 6.09. The predicted octanol–water partition coefficient (Wildman–Crippen LogP) is 4.30. The SMILES string of the molecule is [N-]=[N+]=NCc1cccc2nc(Nc3ccc(C(F)(F)F)cc3)nn12. The Bertz CT molecular complexity index is 908. The molecule has 0 saturated heterocycles. The van der Waals surface area contributed by atoms with Gasteiger partial charge in [0, 0.05) is 10.6 Å². The quantitative estimate of drug-likeness (QED) is 0.438. The summed E-state index contributed by atoms with van der Waals surface area (Å²) in [5.74, 6) is 0.225. The number of benzene rings is 1. The van der Waals surface area contributed by atoms with E-state index in [1.807, 2.05) is 0 Å². The average Bonchev–Trinajstić information content (AvgIpc) is 2.95. The molecular weight excluding hydrogens is 323 g/mol. The number of azide groups is 1. The van der Waals surface area contributed by atoms with Gasteiger partial charge < -0.3 is 5.32 Å². The van der Waals surface area contributed by atoms with E-state index in [0.29, 0.717) is 17.0 Å². The molecule has 2 aromatic heterocycles. The molecule has 0 amide bonds. The van der Waals surface area contributed by atoms with E-state index in [0.717, 1.165) is 12.1 Å². The highest BCUT2D eigenvalue weighted by molar-refractivity contribution is 5.56. The van der Waals surface area contributed by atoms with Crippen molar-refractivity contribution in [2.75, 3.05) is 5.32 Å². The standard InChI is InChI=1S/C14H10F3N7/c15-14(16,17)9-4-6-10(7-5-9)20-13-21-12-3-1-2-11(8-19-23-18)24(12)22-13/h1-7H,8H2,(H,20,22). The van der Waals surface area contributed by atoms with Gasteiger partial charge in [-0.3, -0.25) is 0 Å². The van der Waals surface area contributed by atoms with E-state index in [1.165, 1.54) is 16.6 Å². The summed E-state index contributed by atoms with van der Waals surface area (Å²) in [5, 5.41) is 10.5. The van der Waals surface area contributed by atoms with E-state index in [2.05, 4.69) is 25.4 Å². The number of rotatable bonds is 4. The molecule has 0 unspecified atom stereocenters. The lowest BCUT2D eigenvalue weighted by Gasteiger charge is -2.07. The monoisotopic (exact) mass is 333 g/mol. The fraction of sp³-hybridized carbons (Fsp3) is 0.143. The molecule has 0 aliphatic rings. The van der Waals surface area contributed by atoms with Crippen molar-refractivity contribution in [2.24, 2.45) is 5.11 Å². The number of nitrogens with one attached hydrogen (secondary N) is 1. The van der Waals surface area contributed by atoms with E-state index < -0.39 is 11.7 Å². The van der Waals surface area contributed by atoms with Gasteiger partial charge in [0.2, 0.25) is 5.95 Å². The Kier molecular flexibility index (Phi) is 3.97. The Labute approximate surface area is 133 Å². The zero-order chi connectivity index (χ0) is 17.2. The first kappa shape index (κ1) is 15.6. The molecule has 0 fully saturated rings. The summed E-state index contributed by atoms with van der Waals surface area (Å²) in [6, 6.07) is 9.75. The summed E-state index contributed by atoms with van der Waals surface area (Å²) in [6.07, 6.45) is -4.38. The molecule has 0 spiro atoms. The van der Waals surface area contributed by atoms with Gasteiger partial charge in [-0.05, 0) is 41.9 Å². The number of aromatic nitrogens is 3. The minimum Gasteiger partial charge on any atom is -0.323 e. The van der Waals surface area contributed by atoms with Crippen molar-refractivity contribution >= 4 is 17.3 Å². The van der Waals surface area contributed by atoms with Crippen LogP contribution in [0, 0.1) is 0 Å². The minimum absolute atomic E-state index is 0.108. The molecule has 3 rings (SSSR count). The summed E-state index contributed by atoms with van der Waals surface area (Å²) in [4.78, 5) is 6.93. The van der Waals surface area contributed by atoms with Crippen LogP contribution in [0.4, 0.5) is 24.8 Å². The second-order valence-corrected chi connectivity index (χ2v) is 4.81. The van der Waals surface area contributed by atoms with Crippen molar-refractivity contribution in [1.29, 1.82) is 0 Å². The van der Waals surface area contributed by atoms with E-state index in [4.69, 9.17) is 5.53 Å². The molecule has 3 aromatic rings. The topological polar surface area (TPSA) is 91.0 Å². The van der Waals surface area contributed by atoms with Crippen molar-refractivity contribution < 1.29 is 13.2 Å². The Hall–Kier alpha value is -3.26. The van der Waals surface area contributed by atoms with Gasteiger partial charge in [0.05, 0.1) is 17.8 Å². The van der Waals surface area contributed by atoms with Gasteiger partial charge in [-0.15, -0.1) is 5.10 Å². The van der Waals surface area contributed by atoms with Gasteiger partial charge in [-0.2, -0.15) is 18.2 Å². The molecular formula is C14H10F3N7. The zero-order valence-corrected chi connectivity index (χ0v) is 12.1. The minimum atomic E-state index is -4.38. The van der Waals surface area contributed by atoms with E-state index >= 15 is 0 Å². The third-order valence-electron chi connectivity index (χ3n) is 3.20. The van der Waals surface area contributed by atoms with Crippen molar-refractivity contribution in [3.05, 3.63) is 64.2 Å². The van der Waals surface area contributed by atoms with Crippen LogP contribution in [-0.4, -0.2) is 14.6 Å². The lowest BCUT2D eigenvalue weighted by Crippen LogP contribution is -2.04. The average molecular weight is 333 g/mol. The number of hydrogen-bond donors (Lipinski definition) is 1. The molecule has 0 aliphatic carbocycles. The summed E-state index contributed by atoms with van der Waals surface area (Å²) in [6.45, 7) is 0.108. The van der Waals surface area contributed by atoms with Gasteiger partial charge >= 0.3 is 6.18 Å². The number of nitrogens with zero attached hydrogens (tertiary/aromatic N) is 6. The van der Waals surface area contributed by atoms with Gasteiger partial charge in [0.1, 0.15) is 0 Å². The first-order valence-corrected chi connectivity index (χ1v) is 6.77. The summed E-state index contributed by atoms with van der Waals surface area (Å²) < 4.78 is 39.1. The van der Waals surface area contributed by atoms with Crippen LogP contribution in [0.2, 0.25) is 0 Å². The number of alkyl halides is 3. The summed E-state index contributed by atoms with van der Waals surface area (Å²) >= 11 is 0. The van der Waals surface area contributed by atoms with Crippen LogP contribution in [0.25, 0.3) is 16.1 Å². The molecule has 122 valence electrons. The Morgan fingerprint density at radius 2 is 1.92 bits per heavy atom. The number of hydrogen-bond acceptors (Lipinski definition) is 4. The lowest BCUT2D eigenvalue weighted by atomic mass is 10.2. The zero-order valence-electron chi connectivity index (χ0n) is 12.1. The molecule has 2 heterocycles. The van der Waals surface area contributed by atoms with Crippen molar-refractivity contribution in [1.82, 2.24) is 14.6 Å². The third kappa shape index (κ3) is 3.23. The molecule has 0 aliphatic heterocycles. The number of anilines is 2. The molecule has 10 heteroatoms. The molecule has 0 atom stereocenters.